The SMILES string of the molecule is O=C(c1cc(-c2ccc(Cl)cc2)n[nH]1)N1CC[C@H](c2ccccc2)[C@H](O)C1. The summed E-state index contributed by atoms with van der Waals surface area (Å²) < 4.78 is 0. The average molecular weight is 382 g/mol. The Morgan fingerprint density at radius 3 is 2.59 bits per heavy atom. The number of aliphatic hydroxyl groups excluding tert-OH is 1. The topological polar surface area (TPSA) is 69.2 Å². The molecule has 27 heavy (non-hydrogen) atoms. The zero-order chi connectivity index (χ0) is 18.8. The van der Waals surface area contributed by atoms with Gasteiger partial charge in [-0.05, 0) is 30.2 Å². The number of aromatic nitrogens is 2. The molecule has 2 heterocycles. The van der Waals surface area contributed by atoms with Crippen LogP contribution in [0.25, 0.3) is 11.3 Å². The number of β-amino-alcohol motifs (C(OH)–C–C–N with tert-alkyl or cyclic N) is 1. The molecule has 2 aromatic carbocycles. The molecule has 0 saturated carbocycles. The van der Waals surface area contributed by atoms with Crippen LogP contribution < -0.4 is 0 Å². The molecule has 6 heteroatoms. The van der Waals surface area contributed by atoms with Crippen LogP contribution in [-0.2, 0) is 0 Å². The Bertz CT molecular complexity index is 924. The molecular formula is C21H20ClN3O2. The van der Waals surface area contributed by atoms with E-state index in [1.165, 1.54) is 0 Å². The molecule has 3 aromatic rings. The number of piperidine rings is 1. The van der Waals surface area contributed by atoms with Gasteiger partial charge in [0.25, 0.3) is 5.91 Å². The van der Waals surface area contributed by atoms with Gasteiger partial charge in [-0.15, -0.1) is 0 Å². The van der Waals surface area contributed by atoms with E-state index in [1.54, 1.807) is 23.1 Å². The Morgan fingerprint density at radius 2 is 1.89 bits per heavy atom. The first-order chi connectivity index (χ1) is 13.1. The van der Waals surface area contributed by atoms with Crippen LogP contribution in [0, 0.1) is 0 Å². The average Bonchev–Trinajstić information content (AvgIpc) is 3.19. The summed E-state index contributed by atoms with van der Waals surface area (Å²) in [6.07, 6.45) is 0.151. The smallest absolute Gasteiger partial charge is 0.271 e. The highest BCUT2D eigenvalue weighted by Gasteiger charge is 2.32. The number of carbonyl (C=O) groups is 1. The van der Waals surface area contributed by atoms with Gasteiger partial charge in [0.15, 0.2) is 0 Å². The van der Waals surface area contributed by atoms with E-state index in [0.29, 0.717) is 29.5 Å². The Kier molecular flexibility index (Phi) is 4.97. The van der Waals surface area contributed by atoms with Crippen LogP contribution in [0.15, 0.2) is 60.7 Å². The number of hydrogen-bond acceptors (Lipinski definition) is 3. The van der Waals surface area contributed by atoms with Gasteiger partial charge in [0.1, 0.15) is 5.69 Å². The van der Waals surface area contributed by atoms with Crippen molar-refractivity contribution in [2.24, 2.45) is 0 Å². The number of aromatic amines is 1. The fraction of sp³-hybridized carbons (Fsp3) is 0.238. The Balaban J connectivity index is 1.46. The van der Waals surface area contributed by atoms with Crippen molar-refractivity contribution in [1.82, 2.24) is 15.1 Å². The van der Waals surface area contributed by atoms with Crippen molar-refractivity contribution >= 4 is 17.5 Å². The molecule has 0 radical (unpaired) electrons. The number of amides is 1. The highest BCUT2D eigenvalue weighted by atomic mass is 35.5. The molecule has 0 aliphatic carbocycles. The summed E-state index contributed by atoms with van der Waals surface area (Å²) in [6.45, 7) is 0.915. The lowest BCUT2D eigenvalue weighted by Crippen LogP contribution is -2.45. The maximum Gasteiger partial charge on any atom is 0.271 e. The molecular weight excluding hydrogens is 362 g/mol. The third-order valence-corrected chi connectivity index (χ3v) is 5.30. The maximum atomic E-state index is 12.8. The van der Waals surface area contributed by atoms with E-state index in [9.17, 15) is 9.90 Å². The summed E-state index contributed by atoms with van der Waals surface area (Å²) in [4.78, 5) is 14.5. The van der Waals surface area contributed by atoms with Gasteiger partial charge in [-0.3, -0.25) is 9.89 Å². The van der Waals surface area contributed by atoms with E-state index in [2.05, 4.69) is 10.2 Å². The van der Waals surface area contributed by atoms with Gasteiger partial charge in [0, 0.05) is 29.6 Å². The predicted molar refractivity (Wildman–Crippen MR) is 105 cm³/mol. The first kappa shape index (κ1) is 17.8. The zero-order valence-electron chi connectivity index (χ0n) is 14.7. The normalized spacial score (nSPS) is 19.9. The van der Waals surface area contributed by atoms with Crippen molar-refractivity contribution in [1.29, 1.82) is 0 Å². The number of halogens is 1. The summed E-state index contributed by atoms with van der Waals surface area (Å²) in [7, 11) is 0. The zero-order valence-corrected chi connectivity index (χ0v) is 15.4. The molecule has 0 unspecified atom stereocenters. The van der Waals surface area contributed by atoms with Crippen molar-refractivity contribution in [2.45, 2.75) is 18.4 Å². The van der Waals surface area contributed by atoms with Crippen molar-refractivity contribution < 1.29 is 9.90 Å². The molecule has 1 saturated heterocycles. The molecule has 5 nitrogen and oxygen atoms in total. The Labute approximate surface area is 162 Å². The third-order valence-electron chi connectivity index (χ3n) is 5.05. The van der Waals surface area contributed by atoms with Crippen LogP contribution in [-0.4, -0.2) is 45.3 Å². The number of aliphatic hydroxyl groups is 1. The fourth-order valence-corrected chi connectivity index (χ4v) is 3.70. The lowest BCUT2D eigenvalue weighted by atomic mass is 9.87. The molecule has 1 amide bonds. The Hall–Kier alpha value is -2.63. The quantitative estimate of drug-likeness (QED) is 0.726. The van der Waals surface area contributed by atoms with E-state index in [1.807, 2.05) is 42.5 Å². The number of hydrogen-bond donors (Lipinski definition) is 2. The van der Waals surface area contributed by atoms with Crippen LogP contribution in [0.4, 0.5) is 0 Å². The molecule has 1 aliphatic heterocycles. The summed E-state index contributed by atoms with van der Waals surface area (Å²) >= 11 is 5.91. The van der Waals surface area contributed by atoms with Gasteiger partial charge in [-0.2, -0.15) is 5.10 Å². The van der Waals surface area contributed by atoms with Crippen LogP contribution in [0.2, 0.25) is 5.02 Å². The van der Waals surface area contributed by atoms with E-state index < -0.39 is 6.10 Å². The molecule has 0 bridgehead atoms. The number of H-pyrrole nitrogens is 1. The molecule has 138 valence electrons. The number of nitrogens with one attached hydrogen (secondary N) is 1. The van der Waals surface area contributed by atoms with Gasteiger partial charge < -0.3 is 10.0 Å². The number of nitrogens with zero attached hydrogens (tertiary/aromatic N) is 2. The van der Waals surface area contributed by atoms with E-state index in [0.717, 1.165) is 17.5 Å². The minimum atomic E-state index is -0.580. The summed E-state index contributed by atoms with van der Waals surface area (Å²) in [5.41, 5.74) is 3.11. The summed E-state index contributed by atoms with van der Waals surface area (Å²) in [6, 6.07) is 19.0. The standard InChI is InChI=1S/C21H20ClN3O2/c22-16-8-6-15(7-9-16)18-12-19(24-23-18)21(27)25-11-10-17(20(26)13-25)14-4-2-1-3-5-14/h1-9,12,17,20,26H,10-11,13H2,(H,23,24)/t17-,20-/m1/s1. The van der Waals surface area contributed by atoms with Crippen LogP contribution in [0.1, 0.15) is 28.4 Å². The van der Waals surface area contributed by atoms with E-state index in [4.69, 9.17) is 11.6 Å². The number of benzene rings is 2. The molecule has 4 rings (SSSR count). The predicted octanol–water partition coefficient (Wildman–Crippen LogP) is 3.72. The van der Waals surface area contributed by atoms with Crippen LogP contribution in [0.3, 0.4) is 0 Å². The minimum Gasteiger partial charge on any atom is -0.391 e. The lowest BCUT2D eigenvalue weighted by Gasteiger charge is -2.36. The van der Waals surface area contributed by atoms with Crippen LogP contribution >= 0.6 is 11.6 Å². The second kappa shape index (κ2) is 7.55. The van der Waals surface area contributed by atoms with Crippen molar-refractivity contribution in [2.75, 3.05) is 13.1 Å². The maximum absolute atomic E-state index is 12.8. The first-order valence-electron chi connectivity index (χ1n) is 8.95. The van der Waals surface area contributed by atoms with E-state index >= 15 is 0 Å². The molecule has 0 spiro atoms. The minimum absolute atomic E-state index is 0.0571. The molecule has 1 fully saturated rings. The fourth-order valence-electron chi connectivity index (χ4n) is 3.58. The van der Waals surface area contributed by atoms with E-state index in [-0.39, 0.29) is 11.8 Å². The van der Waals surface area contributed by atoms with Crippen molar-refractivity contribution in [3.63, 3.8) is 0 Å². The second-order valence-corrected chi connectivity index (χ2v) is 7.23. The number of rotatable bonds is 3. The molecule has 1 aromatic heterocycles. The highest BCUT2D eigenvalue weighted by molar-refractivity contribution is 6.30. The first-order valence-corrected chi connectivity index (χ1v) is 9.33. The van der Waals surface area contributed by atoms with Gasteiger partial charge in [0.2, 0.25) is 0 Å². The molecule has 1 aliphatic rings. The van der Waals surface area contributed by atoms with Gasteiger partial charge >= 0.3 is 0 Å². The second-order valence-electron chi connectivity index (χ2n) is 6.80. The van der Waals surface area contributed by atoms with Crippen molar-refractivity contribution in [3.8, 4) is 11.3 Å². The van der Waals surface area contributed by atoms with Crippen molar-refractivity contribution in [3.05, 3.63) is 76.9 Å². The van der Waals surface area contributed by atoms with Gasteiger partial charge in [-0.1, -0.05) is 54.1 Å². The number of likely N-dealkylation sites (tertiary alicyclic amines) is 1. The molecule has 2 atom stereocenters. The van der Waals surface area contributed by atoms with Gasteiger partial charge in [-0.25, -0.2) is 0 Å². The Morgan fingerprint density at radius 1 is 1.15 bits per heavy atom. The summed E-state index contributed by atoms with van der Waals surface area (Å²) in [5.74, 6) is -0.0880. The number of carbonyl (C=O) groups excluding carboxylic acids is 1. The summed E-state index contributed by atoms with van der Waals surface area (Å²) in [5, 5.41) is 18.3. The highest BCUT2D eigenvalue weighted by Crippen LogP contribution is 2.29. The van der Waals surface area contributed by atoms with Gasteiger partial charge in [0.05, 0.1) is 11.8 Å². The lowest BCUT2D eigenvalue weighted by molar-refractivity contribution is 0.0378. The monoisotopic (exact) mass is 381 g/mol. The van der Waals surface area contributed by atoms with Crippen LogP contribution in [0.5, 0.6) is 0 Å². The molecule has 2 N–H and O–H groups in total. The largest absolute Gasteiger partial charge is 0.391 e. The third kappa shape index (κ3) is 3.75.